The molecule has 4 nitrogen and oxygen atoms in total. The molecule has 0 saturated heterocycles. The third-order valence-corrected chi connectivity index (χ3v) is 7.07. The molecule has 0 aliphatic heterocycles. The van der Waals surface area contributed by atoms with Crippen molar-refractivity contribution in [2.24, 2.45) is 29.6 Å². The summed E-state index contributed by atoms with van der Waals surface area (Å²) in [5.74, 6) is 1.78. The molecule has 34 heavy (non-hydrogen) atoms. The molecule has 0 N–H and O–H groups in total. The average Bonchev–Trinajstić information content (AvgIpc) is 2.92. The molecule has 1 aromatic rings. The molecule has 0 fully saturated rings. The number of rotatable bonds is 7. The van der Waals surface area contributed by atoms with E-state index in [1.54, 1.807) is 14.2 Å². The first-order chi connectivity index (χ1) is 16.7. The largest absolute Gasteiger partial charge is 0.497 e. The van der Waals surface area contributed by atoms with Gasteiger partial charge in [0.1, 0.15) is 11.5 Å². The average molecular weight is 451 g/mol. The fourth-order valence-electron chi connectivity index (χ4n) is 4.97. The minimum Gasteiger partial charge on any atom is -0.497 e. The fourth-order valence-corrected chi connectivity index (χ4v) is 4.97. The molecule has 5 unspecified atom stereocenters. The Kier molecular flexibility index (Phi) is 7.51. The van der Waals surface area contributed by atoms with Crippen LogP contribution in [0.4, 0.5) is 0 Å². The minimum atomic E-state index is -0.435. The van der Waals surface area contributed by atoms with Crippen LogP contribution in [-0.4, -0.2) is 14.2 Å². The van der Waals surface area contributed by atoms with Crippen LogP contribution in [0.1, 0.15) is 24.8 Å². The number of hydrogen-bond donors (Lipinski definition) is 0. The number of methoxy groups -OCH3 is 2. The predicted octanol–water partition coefficient (Wildman–Crippen LogP) is 6.54. The summed E-state index contributed by atoms with van der Waals surface area (Å²) in [6.45, 7) is 0. The maximum absolute atomic E-state index is 10.0. The van der Waals surface area contributed by atoms with E-state index in [0.717, 1.165) is 47.5 Å². The van der Waals surface area contributed by atoms with E-state index in [2.05, 4.69) is 60.7 Å². The highest BCUT2D eigenvalue weighted by atomic mass is 16.5. The van der Waals surface area contributed by atoms with E-state index in [0.29, 0.717) is 11.8 Å². The summed E-state index contributed by atoms with van der Waals surface area (Å²) < 4.78 is 10.5. The van der Waals surface area contributed by atoms with Crippen molar-refractivity contribution in [1.29, 1.82) is 10.5 Å². The van der Waals surface area contributed by atoms with E-state index in [1.807, 2.05) is 30.3 Å². The van der Waals surface area contributed by atoms with E-state index >= 15 is 0 Å². The predicted molar refractivity (Wildman–Crippen MR) is 134 cm³/mol. The molecule has 3 aliphatic carbocycles. The maximum Gasteiger partial charge on any atom is 0.118 e. The van der Waals surface area contributed by atoms with Crippen LogP contribution in [-0.2, 0) is 4.74 Å². The summed E-state index contributed by atoms with van der Waals surface area (Å²) in [5.41, 5.74) is 3.22. The van der Waals surface area contributed by atoms with Crippen LogP contribution in [0.3, 0.4) is 0 Å². The number of ether oxygens (including phenoxy) is 2. The van der Waals surface area contributed by atoms with Gasteiger partial charge < -0.3 is 9.47 Å². The van der Waals surface area contributed by atoms with Crippen LogP contribution in [0.5, 0.6) is 5.75 Å². The summed E-state index contributed by atoms with van der Waals surface area (Å²) in [6.07, 6.45) is 21.8. The Morgan fingerprint density at radius 2 is 1.53 bits per heavy atom. The van der Waals surface area contributed by atoms with Crippen molar-refractivity contribution in [1.82, 2.24) is 0 Å². The zero-order valence-corrected chi connectivity index (χ0v) is 19.7. The molecule has 0 amide bonds. The summed E-state index contributed by atoms with van der Waals surface area (Å²) in [5, 5.41) is 20.0. The Morgan fingerprint density at radius 1 is 0.794 bits per heavy atom. The van der Waals surface area contributed by atoms with Crippen LogP contribution >= 0.6 is 0 Å². The monoisotopic (exact) mass is 450 g/mol. The number of hydrogen-bond acceptors (Lipinski definition) is 4. The molecular weight excluding hydrogens is 420 g/mol. The van der Waals surface area contributed by atoms with Crippen LogP contribution < -0.4 is 4.74 Å². The van der Waals surface area contributed by atoms with Crippen molar-refractivity contribution in [2.45, 2.75) is 19.3 Å². The molecule has 0 saturated carbocycles. The molecule has 0 bridgehead atoms. The van der Waals surface area contributed by atoms with Gasteiger partial charge in [0.05, 0.1) is 38.2 Å². The fraction of sp³-hybridized carbons (Fsp3) is 0.333. The number of nitrogens with zero attached hydrogens (tertiary/aromatic N) is 2. The lowest BCUT2D eigenvalue weighted by Crippen LogP contribution is -2.23. The van der Waals surface area contributed by atoms with Gasteiger partial charge >= 0.3 is 0 Å². The van der Waals surface area contributed by atoms with E-state index in [-0.39, 0.29) is 11.8 Å². The van der Waals surface area contributed by atoms with Crippen molar-refractivity contribution in [2.75, 3.05) is 14.2 Å². The molecule has 0 heterocycles. The molecule has 5 atom stereocenters. The second-order valence-corrected chi connectivity index (χ2v) is 8.94. The molecule has 172 valence electrons. The Labute approximate surface area is 202 Å². The second kappa shape index (κ2) is 10.9. The Balaban J connectivity index is 1.40. The molecule has 4 heteroatoms. The molecular formula is C30H30N2O2. The highest BCUT2D eigenvalue weighted by Crippen LogP contribution is 2.38. The van der Waals surface area contributed by atoms with Gasteiger partial charge in [-0.3, -0.25) is 0 Å². The number of benzene rings is 1. The van der Waals surface area contributed by atoms with Crippen molar-refractivity contribution >= 4 is 5.57 Å². The summed E-state index contributed by atoms with van der Waals surface area (Å²) in [7, 11) is 3.35. The lowest BCUT2D eigenvalue weighted by atomic mass is 9.73. The highest BCUT2D eigenvalue weighted by Gasteiger charge is 2.32. The van der Waals surface area contributed by atoms with Crippen LogP contribution in [0.2, 0.25) is 0 Å². The van der Waals surface area contributed by atoms with Crippen LogP contribution in [0, 0.1) is 52.3 Å². The first-order valence-electron chi connectivity index (χ1n) is 11.8. The van der Waals surface area contributed by atoms with Gasteiger partial charge in [-0.2, -0.15) is 10.5 Å². The number of nitriles is 2. The zero-order valence-electron chi connectivity index (χ0n) is 19.7. The summed E-state index contributed by atoms with van der Waals surface area (Å²) in [6, 6.07) is 12.9. The van der Waals surface area contributed by atoms with Crippen molar-refractivity contribution in [3.63, 3.8) is 0 Å². The first-order valence-corrected chi connectivity index (χ1v) is 11.8. The van der Waals surface area contributed by atoms with Gasteiger partial charge in [-0.1, -0.05) is 54.7 Å². The van der Waals surface area contributed by atoms with Gasteiger partial charge in [0, 0.05) is 0 Å². The van der Waals surface area contributed by atoms with Gasteiger partial charge in [0.15, 0.2) is 0 Å². The standard InChI is InChI=1S/C30H30N2O2/c1-33-27-15-11-23(12-16-27)21-3-7-25(8-4-21)29(19-31)30(20-32)26-9-5-22(6-10-26)24-13-17-28(34-2)18-14-24/h3-5,7,9-13,15-18,22,24-25,29-30H,6,8,14H2,1-2H3. The lowest BCUT2D eigenvalue weighted by molar-refractivity contribution is 0.299. The van der Waals surface area contributed by atoms with Gasteiger partial charge in [-0.25, -0.2) is 0 Å². The summed E-state index contributed by atoms with van der Waals surface area (Å²) in [4.78, 5) is 0. The SMILES string of the molecule is COC1=CCC(C2C=CC(C(C#N)C(C#N)C3C=CC(c4ccc(OC)cc4)=CC3)=CC2)C=C1. The lowest BCUT2D eigenvalue weighted by Gasteiger charge is -2.29. The minimum absolute atomic E-state index is 0.0163. The van der Waals surface area contributed by atoms with Crippen molar-refractivity contribution in [3.05, 3.63) is 95.8 Å². The Morgan fingerprint density at radius 3 is 2.03 bits per heavy atom. The van der Waals surface area contributed by atoms with Gasteiger partial charge in [-0.05, 0) is 78.0 Å². The smallest absolute Gasteiger partial charge is 0.118 e. The van der Waals surface area contributed by atoms with Crippen LogP contribution in [0.25, 0.3) is 5.57 Å². The molecule has 0 radical (unpaired) electrons. The molecule has 0 spiro atoms. The third kappa shape index (κ3) is 5.08. The highest BCUT2D eigenvalue weighted by molar-refractivity contribution is 5.75. The van der Waals surface area contributed by atoms with E-state index < -0.39 is 5.92 Å². The van der Waals surface area contributed by atoms with Crippen LogP contribution in [0.15, 0.2) is 90.3 Å². The quantitative estimate of drug-likeness (QED) is 0.473. The molecule has 0 aromatic heterocycles. The van der Waals surface area contributed by atoms with Gasteiger partial charge in [-0.15, -0.1) is 0 Å². The van der Waals surface area contributed by atoms with E-state index in [9.17, 15) is 10.5 Å². The number of allylic oxidation sites excluding steroid dienone is 11. The van der Waals surface area contributed by atoms with Gasteiger partial charge in [0.2, 0.25) is 0 Å². The Hall–Kier alpha value is -3.76. The van der Waals surface area contributed by atoms with Crippen molar-refractivity contribution < 1.29 is 9.47 Å². The topological polar surface area (TPSA) is 66.0 Å². The second-order valence-electron chi connectivity index (χ2n) is 8.94. The zero-order chi connectivity index (χ0) is 23.9. The first kappa shape index (κ1) is 23.4. The van der Waals surface area contributed by atoms with Gasteiger partial charge in [0.25, 0.3) is 0 Å². The van der Waals surface area contributed by atoms with E-state index in [4.69, 9.17) is 9.47 Å². The van der Waals surface area contributed by atoms with E-state index in [1.165, 1.54) is 0 Å². The summed E-state index contributed by atoms with van der Waals surface area (Å²) >= 11 is 0. The third-order valence-electron chi connectivity index (χ3n) is 7.07. The molecule has 4 rings (SSSR count). The maximum atomic E-state index is 10.0. The molecule has 3 aliphatic rings. The Bertz CT molecular complexity index is 1150. The van der Waals surface area contributed by atoms with Crippen molar-refractivity contribution in [3.8, 4) is 17.9 Å². The molecule has 1 aromatic carbocycles. The normalized spacial score (nSPS) is 25.2.